The summed E-state index contributed by atoms with van der Waals surface area (Å²) >= 11 is 0. The highest BCUT2D eigenvalue weighted by atomic mass is 28.3. The fourth-order valence-electron chi connectivity index (χ4n) is 15.7. The van der Waals surface area contributed by atoms with Gasteiger partial charge < -0.3 is 0 Å². The maximum atomic E-state index is 4.00. The Morgan fingerprint density at radius 2 is 0.418 bits per heavy atom. The monoisotopic (exact) mass is 1220 g/mol. The number of rotatable bonds is 0. The van der Waals surface area contributed by atoms with Crippen LogP contribution in [0.5, 0.6) is 0 Å². The van der Waals surface area contributed by atoms with Gasteiger partial charge in [-0.1, -0.05) is 229 Å². The van der Waals surface area contributed by atoms with E-state index in [9.17, 15) is 0 Å². The number of benzene rings is 18. The zero-order chi connectivity index (χ0) is 61.9. The quantitative estimate of drug-likeness (QED) is 0.0614. The van der Waals surface area contributed by atoms with Crippen molar-refractivity contribution in [3.63, 3.8) is 0 Å². The third-order valence-corrected chi connectivity index (χ3v) is 22.8. The SMILES string of the molecule is C[SiH](C)C#Cc1c2cc3c(cc2c(C#C[Si](C)(C)C)c2cc4c(cc12)c1cccc2c5cc6c(C#C[Si](C)(C)C)c7cc8c(cc7c(C#C[Si](C)(C)C)c6cc5c5cccc4c5c12)c1cccc2ccc4cccc8c4c21)c1cccc2ccc4cccc3c4c21. The fraction of sp³-hybridized carbons (Fsp3) is 0.126. The second-order valence-corrected chi connectivity index (χ2v) is 46.2. The van der Waals surface area contributed by atoms with Gasteiger partial charge in [0.05, 0.1) is 0 Å². The van der Waals surface area contributed by atoms with Crippen molar-refractivity contribution in [2.24, 2.45) is 0 Å². The van der Waals surface area contributed by atoms with E-state index in [4.69, 9.17) is 0 Å². The highest BCUT2D eigenvalue weighted by molar-refractivity contribution is 6.84. The highest BCUT2D eigenvalue weighted by Gasteiger charge is 2.26. The van der Waals surface area contributed by atoms with E-state index in [1.807, 2.05) is 0 Å². The average molecular weight is 1220 g/mol. The van der Waals surface area contributed by atoms with Crippen LogP contribution in [0.4, 0.5) is 0 Å². The summed E-state index contributed by atoms with van der Waals surface area (Å²) in [6, 6.07) is 70.7. The van der Waals surface area contributed by atoms with Gasteiger partial charge in [0.2, 0.25) is 0 Å². The Kier molecular flexibility index (Phi) is 11.3. The molecule has 18 aromatic rings. The van der Waals surface area contributed by atoms with E-state index in [0.29, 0.717) is 0 Å². The molecule has 0 amide bonds. The molecule has 0 aliphatic carbocycles. The van der Waals surface area contributed by atoms with Gasteiger partial charge >= 0.3 is 0 Å². The molecule has 0 radical (unpaired) electrons. The Morgan fingerprint density at radius 3 is 0.626 bits per heavy atom. The molecular weight excluding hydrogens is 1160 g/mol. The van der Waals surface area contributed by atoms with E-state index >= 15 is 0 Å². The highest BCUT2D eigenvalue weighted by Crippen LogP contribution is 2.51. The maximum Gasteiger partial charge on any atom is 0.129 e. The minimum absolute atomic E-state index is 1.10. The predicted octanol–water partition coefficient (Wildman–Crippen LogP) is 23.7. The zero-order valence-corrected chi connectivity index (χ0v) is 57.6. The summed E-state index contributed by atoms with van der Waals surface area (Å²) in [6.07, 6.45) is 0. The summed E-state index contributed by atoms with van der Waals surface area (Å²) in [7, 11) is -7.00. The molecule has 0 nitrogen and oxygen atoms in total. The van der Waals surface area contributed by atoms with Crippen molar-refractivity contribution in [1.82, 2.24) is 0 Å². The fourth-order valence-corrected chi connectivity index (χ4v) is 17.6. The van der Waals surface area contributed by atoms with Crippen molar-refractivity contribution in [2.75, 3.05) is 0 Å². The summed E-state index contributed by atoms with van der Waals surface area (Å²) in [5.74, 6) is 15.9. The molecule has 0 heterocycles. The van der Waals surface area contributed by atoms with Crippen molar-refractivity contribution in [3.8, 4) is 45.9 Å². The van der Waals surface area contributed by atoms with Gasteiger partial charge in [-0.25, -0.2) is 0 Å². The summed E-state index contributed by atoms with van der Waals surface area (Å²) in [5.41, 5.74) is 20.0. The van der Waals surface area contributed by atoms with E-state index in [2.05, 4.69) is 300 Å². The Bertz CT molecular complexity index is 6670. The Balaban J connectivity index is 1.01. The molecular formula is C87H64Si4. The summed E-state index contributed by atoms with van der Waals surface area (Å²) in [6.45, 7) is 26.0. The van der Waals surface area contributed by atoms with E-state index in [1.54, 1.807) is 0 Å². The Hall–Kier alpha value is -9.73. The number of hydrogen-bond donors (Lipinski definition) is 0. The first-order valence-corrected chi connectivity index (χ1v) is 45.7. The van der Waals surface area contributed by atoms with Gasteiger partial charge in [-0.05, 0) is 232 Å². The molecule has 18 aromatic carbocycles. The number of hydrogen-bond acceptors (Lipinski definition) is 0. The lowest BCUT2D eigenvalue weighted by molar-refractivity contribution is 1.75. The summed E-state index contributed by atoms with van der Waals surface area (Å²) in [5, 5.41) is 42.6. The molecule has 0 saturated carbocycles. The number of fused-ring (bicyclic) bond motifs is 16. The molecule has 91 heavy (non-hydrogen) atoms. The molecule has 0 spiro atoms. The third kappa shape index (κ3) is 8.04. The second kappa shape index (κ2) is 18.9. The van der Waals surface area contributed by atoms with Crippen LogP contribution in [0, 0.1) is 45.9 Å². The van der Waals surface area contributed by atoms with Crippen LogP contribution in [0.1, 0.15) is 22.3 Å². The van der Waals surface area contributed by atoms with E-state index in [0.717, 1.165) is 22.3 Å². The van der Waals surface area contributed by atoms with Gasteiger partial charge in [-0.15, -0.1) is 22.2 Å². The van der Waals surface area contributed by atoms with E-state index < -0.39 is 33.0 Å². The maximum absolute atomic E-state index is 4.00. The van der Waals surface area contributed by atoms with Gasteiger partial charge in [0.15, 0.2) is 0 Å². The molecule has 0 aliphatic rings. The van der Waals surface area contributed by atoms with Crippen molar-refractivity contribution in [1.29, 1.82) is 0 Å². The smallest absolute Gasteiger partial charge is 0.129 e. The predicted molar refractivity (Wildman–Crippen MR) is 414 cm³/mol. The van der Waals surface area contributed by atoms with Gasteiger partial charge in [-0.3, -0.25) is 0 Å². The Labute approximate surface area is 534 Å². The summed E-state index contributed by atoms with van der Waals surface area (Å²) < 4.78 is 0. The minimum Gasteiger partial charge on any atom is -0.131 e. The lowest BCUT2D eigenvalue weighted by atomic mass is 9.82. The van der Waals surface area contributed by atoms with Crippen molar-refractivity contribution in [3.05, 3.63) is 204 Å². The molecule has 0 aliphatic heterocycles. The van der Waals surface area contributed by atoms with Crippen LogP contribution >= 0.6 is 0 Å². The zero-order valence-electron chi connectivity index (χ0n) is 53.4. The van der Waals surface area contributed by atoms with Crippen molar-refractivity contribution in [2.45, 2.75) is 72.0 Å². The van der Waals surface area contributed by atoms with Gasteiger partial charge in [0.25, 0.3) is 0 Å². The van der Waals surface area contributed by atoms with Crippen LogP contribution in [0.25, 0.3) is 183 Å². The average Bonchev–Trinajstić information content (AvgIpc) is 0.722. The van der Waals surface area contributed by atoms with Gasteiger partial charge in [-0.2, -0.15) is 0 Å². The molecule has 428 valence electrons. The lowest BCUT2D eigenvalue weighted by Crippen LogP contribution is -2.16. The molecule has 0 atom stereocenters. The standard InChI is InChI=1S/C87H64Si4/c1-88(2)38-34-54-66-42-74-58-22-12-18-50-30-31-51-19-13-23-59(83(51)82(50)58)75(74)44-68(66)55(35-39-89(3,4)5)69-47-79-63-27-17-29-65-81-49-73-57(37-41-91(9,10)11)71-46-77-61-25-15-21-53-33-32-52-20-14-24-60(84(52)85(53)61)76(77)45-70(71)56(36-40-90(6,7)8)72(73)48-80(81)64-28-16-26-62(86(64)87(63)65)78(79)43-67(54)69/h12-33,42-49,88H,1-11H3. The van der Waals surface area contributed by atoms with Crippen LogP contribution in [0.15, 0.2) is 182 Å². The first kappa shape index (κ1) is 54.2. The van der Waals surface area contributed by atoms with Crippen LogP contribution in [-0.2, 0) is 0 Å². The second-order valence-electron chi connectivity index (χ2n) is 29.4. The first-order valence-electron chi connectivity index (χ1n) is 32.3. The minimum atomic E-state index is -1.89. The van der Waals surface area contributed by atoms with Crippen molar-refractivity contribution < 1.29 is 0 Å². The molecule has 4 heteroatoms. The first-order chi connectivity index (χ1) is 43.8. The Morgan fingerprint density at radius 1 is 0.220 bits per heavy atom. The lowest BCUT2D eigenvalue weighted by Gasteiger charge is -2.21. The normalized spacial score (nSPS) is 12.7. The largest absolute Gasteiger partial charge is 0.131 e. The molecule has 0 N–H and O–H groups in total. The molecule has 0 fully saturated rings. The van der Waals surface area contributed by atoms with Crippen LogP contribution in [-0.4, -0.2) is 33.0 Å². The van der Waals surface area contributed by atoms with Crippen LogP contribution < -0.4 is 0 Å². The molecule has 0 aromatic heterocycles. The van der Waals surface area contributed by atoms with E-state index in [-0.39, 0.29) is 0 Å². The van der Waals surface area contributed by atoms with Gasteiger partial charge in [0.1, 0.15) is 33.0 Å². The van der Waals surface area contributed by atoms with Gasteiger partial charge in [0, 0.05) is 22.3 Å². The van der Waals surface area contributed by atoms with Crippen molar-refractivity contribution >= 4 is 216 Å². The topological polar surface area (TPSA) is 0 Å². The van der Waals surface area contributed by atoms with Crippen LogP contribution in [0.3, 0.4) is 0 Å². The summed E-state index contributed by atoms with van der Waals surface area (Å²) in [4.78, 5) is 0. The third-order valence-electron chi connectivity index (χ3n) is 19.4. The van der Waals surface area contributed by atoms with E-state index in [1.165, 1.54) is 183 Å². The molecule has 0 saturated heterocycles. The molecule has 18 rings (SSSR count). The molecule has 0 bridgehead atoms. The molecule has 0 unspecified atom stereocenters. The van der Waals surface area contributed by atoms with Crippen LogP contribution in [0.2, 0.25) is 72.0 Å².